The number of nitrogens with one attached hydrogen (secondary N) is 1. The molecule has 1 saturated heterocycles. The number of halogens is 4. The minimum atomic E-state index is -0.672. The maximum absolute atomic E-state index is 13.5. The molecule has 0 aromatic heterocycles. The number of hydrogen-bond donors (Lipinski definition) is 1. The number of nitrogens with zero attached hydrogens (tertiary/aromatic N) is 1. The maximum Gasteiger partial charge on any atom is 0.270 e. The van der Waals surface area contributed by atoms with Crippen molar-refractivity contribution in [3.05, 3.63) is 97.7 Å². The lowest BCUT2D eigenvalue weighted by Crippen LogP contribution is -2.54. The van der Waals surface area contributed by atoms with E-state index in [0.29, 0.717) is 21.3 Å². The summed E-state index contributed by atoms with van der Waals surface area (Å²) >= 11 is 21.0. The van der Waals surface area contributed by atoms with Gasteiger partial charge in [0, 0.05) is 10.0 Å². The summed E-state index contributed by atoms with van der Waals surface area (Å²) in [5.74, 6) is -1.32. The monoisotopic (exact) mass is 578 g/mol. The molecule has 172 valence electrons. The fourth-order valence-corrected chi connectivity index (χ4v) is 4.28. The van der Waals surface area contributed by atoms with E-state index in [2.05, 4.69) is 21.2 Å². The van der Waals surface area contributed by atoms with Crippen molar-refractivity contribution < 1.29 is 18.7 Å². The van der Waals surface area contributed by atoms with Crippen LogP contribution in [0.4, 0.5) is 10.1 Å². The molecule has 10 heteroatoms. The van der Waals surface area contributed by atoms with E-state index in [0.717, 1.165) is 4.90 Å². The SMILES string of the molecule is O=C1NC(=S)N(c2cccc(Cl)c2Cl)C(=O)/C1=C/c1cc(Br)ccc1OCc1cccc(F)c1. The lowest BCUT2D eigenvalue weighted by atomic mass is 10.1. The molecule has 0 aliphatic carbocycles. The quantitative estimate of drug-likeness (QED) is 0.219. The highest BCUT2D eigenvalue weighted by Gasteiger charge is 2.36. The van der Waals surface area contributed by atoms with Crippen molar-refractivity contribution in [3.8, 4) is 5.75 Å². The van der Waals surface area contributed by atoms with Gasteiger partial charge in [0.25, 0.3) is 11.8 Å². The summed E-state index contributed by atoms with van der Waals surface area (Å²) in [6, 6.07) is 15.9. The number of ether oxygens (including phenoxy) is 1. The fourth-order valence-electron chi connectivity index (χ4n) is 3.25. The van der Waals surface area contributed by atoms with E-state index in [-0.39, 0.29) is 38.8 Å². The molecule has 1 aliphatic heterocycles. The summed E-state index contributed by atoms with van der Waals surface area (Å²) in [6.45, 7) is 0.0873. The summed E-state index contributed by atoms with van der Waals surface area (Å²) in [6.07, 6.45) is 1.40. The van der Waals surface area contributed by atoms with Gasteiger partial charge < -0.3 is 4.74 Å². The van der Waals surface area contributed by atoms with Crippen molar-refractivity contribution in [3.63, 3.8) is 0 Å². The minimum Gasteiger partial charge on any atom is -0.488 e. The first-order valence-corrected chi connectivity index (χ1v) is 11.7. The van der Waals surface area contributed by atoms with Gasteiger partial charge in [-0.2, -0.15) is 0 Å². The number of anilines is 1. The molecule has 3 aromatic carbocycles. The molecule has 1 N–H and O–H groups in total. The van der Waals surface area contributed by atoms with Crippen molar-refractivity contribution >= 4 is 80.0 Å². The van der Waals surface area contributed by atoms with Gasteiger partial charge in [0.05, 0.1) is 15.7 Å². The molecule has 0 atom stereocenters. The number of thiocarbonyl (C=S) groups is 1. The molecular weight excluding hydrogens is 566 g/mol. The Hall–Kier alpha value is -2.78. The zero-order valence-electron chi connectivity index (χ0n) is 17.2. The first-order valence-electron chi connectivity index (χ1n) is 9.77. The highest BCUT2D eigenvalue weighted by Crippen LogP contribution is 2.35. The van der Waals surface area contributed by atoms with E-state index in [9.17, 15) is 14.0 Å². The van der Waals surface area contributed by atoms with Gasteiger partial charge in [-0.05, 0) is 66.3 Å². The number of rotatable bonds is 5. The highest BCUT2D eigenvalue weighted by atomic mass is 79.9. The van der Waals surface area contributed by atoms with Crippen LogP contribution in [0.2, 0.25) is 10.0 Å². The lowest BCUT2D eigenvalue weighted by Gasteiger charge is -2.29. The van der Waals surface area contributed by atoms with Crippen LogP contribution in [0.15, 0.2) is 70.7 Å². The highest BCUT2D eigenvalue weighted by molar-refractivity contribution is 9.10. The third-order valence-corrected chi connectivity index (χ3v) is 6.42. The average molecular weight is 580 g/mol. The second-order valence-corrected chi connectivity index (χ2v) is 9.22. The van der Waals surface area contributed by atoms with Gasteiger partial charge in [-0.25, -0.2) is 4.39 Å². The van der Waals surface area contributed by atoms with Gasteiger partial charge in [-0.1, -0.05) is 57.3 Å². The predicted molar refractivity (Wildman–Crippen MR) is 138 cm³/mol. The van der Waals surface area contributed by atoms with Crippen molar-refractivity contribution in [2.24, 2.45) is 0 Å². The number of benzene rings is 3. The van der Waals surface area contributed by atoms with Gasteiger partial charge in [0.1, 0.15) is 23.7 Å². The molecule has 5 nitrogen and oxygen atoms in total. The van der Waals surface area contributed by atoms with Gasteiger partial charge in [0.15, 0.2) is 5.11 Å². The first-order chi connectivity index (χ1) is 16.2. The van der Waals surface area contributed by atoms with E-state index in [1.165, 1.54) is 18.2 Å². The van der Waals surface area contributed by atoms with Gasteiger partial charge >= 0.3 is 0 Å². The van der Waals surface area contributed by atoms with Crippen LogP contribution in [0.3, 0.4) is 0 Å². The Morgan fingerprint density at radius 2 is 1.85 bits per heavy atom. The average Bonchev–Trinajstić information content (AvgIpc) is 2.79. The topological polar surface area (TPSA) is 58.6 Å². The van der Waals surface area contributed by atoms with Crippen LogP contribution in [-0.4, -0.2) is 16.9 Å². The van der Waals surface area contributed by atoms with E-state index in [4.69, 9.17) is 40.2 Å². The second-order valence-electron chi connectivity index (χ2n) is 7.13. The zero-order valence-corrected chi connectivity index (χ0v) is 21.1. The maximum atomic E-state index is 13.5. The molecule has 0 bridgehead atoms. The molecule has 2 amide bonds. The van der Waals surface area contributed by atoms with Crippen LogP contribution < -0.4 is 15.0 Å². The van der Waals surface area contributed by atoms with Crippen molar-refractivity contribution in [1.29, 1.82) is 0 Å². The zero-order chi connectivity index (χ0) is 24.4. The van der Waals surface area contributed by atoms with E-state index < -0.39 is 11.8 Å². The number of carbonyl (C=O) groups is 2. The van der Waals surface area contributed by atoms with Gasteiger partial charge in [-0.3, -0.25) is 19.8 Å². The van der Waals surface area contributed by atoms with E-state index in [1.54, 1.807) is 48.5 Å². The third kappa shape index (κ3) is 5.15. The molecule has 4 rings (SSSR count). The van der Waals surface area contributed by atoms with Gasteiger partial charge in [0.2, 0.25) is 0 Å². The standard InChI is InChI=1S/C24H14BrCl2FN2O3S/c25-15-7-8-20(33-12-13-3-1-4-16(28)9-13)14(10-15)11-17-22(31)29-24(34)30(23(17)32)19-6-2-5-18(26)21(19)27/h1-11H,12H2,(H,29,31,34)/b17-11+. The molecule has 0 spiro atoms. The lowest BCUT2D eigenvalue weighted by molar-refractivity contribution is -0.122. The van der Waals surface area contributed by atoms with Crippen molar-refractivity contribution in [2.45, 2.75) is 6.61 Å². The Labute approximate surface area is 218 Å². The van der Waals surface area contributed by atoms with Gasteiger partial charge in [-0.15, -0.1) is 0 Å². The molecule has 1 fully saturated rings. The Morgan fingerprint density at radius 1 is 1.09 bits per heavy atom. The third-order valence-electron chi connectivity index (χ3n) is 4.83. The number of carbonyl (C=O) groups excluding carboxylic acids is 2. The predicted octanol–water partition coefficient (Wildman–Crippen LogP) is 6.31. The first kappa shape index (κ1) is 24.3. The van der Waals surface area contributed by atoms with Crippen LogP contribution in [0, 0.1) is 5.82 Å². The molecule has 0 unspecified atom stereocenters. The summed E-state index contributed by atoms with van der Waals surface area (Å²) < 4.78 is 20.1. The molecular formula is C24H14BrCl2FN2O3S. The smallest absolute Gasteiger partial charge is 0.270 e. The van der Waals surface area contributed by atoms with Crippen LogP contribution >= 0.6 is 51.3 Å². The summed E-state index contributed by atoms with van der Waals surface area (Å²) in [5, 5.41) is 2.75. The largest absolute Gasteiger partial charge is 0.488 e. The van der Waals surface area contributed by atoms with Crippen LogP contribution in [0.1, 0.15) is 11.1 Å². The molecule has 3 aromatic rings. The van der Waals surface area contributed by atoms with E-state index >= 15 is 0 Å². The number of amides is 2. The Morgan fingerprint density at radius 3 is 2.62 bits per heavy atom. The second kappa shape index (κ2) is 10.2. The molecule has 0 saturated carbocycles. The molecule has 1 aliphatic rings. The van der Waals surface area contributed by atoms with Crippen LogP contribution in [0.25, 0.3) is 6.08 Å². The molecule has 1 heterocycles. The summed E-state index contributed by atoms with van der Waals surface area (Å²) in [5.41, 5.74) is 1.14. The van der Waals surface area contributed by atoms with Crippen LogP contribution in [-0.2, 0) is 16.2 Å². The van der Waals surface area contributed by atoms with Crippen molar-refractivity contribution in [2.75, 3.05) is 4.90 Å². The molecule has 0 radical (unpaired) electrons. The fraction of sp³-hybridized carbons (Fsp3) is 0.0417. The summed E-state index contributed by atoms with van der Waals surface area (Å²) in [7, 11) is 0. The Kier molecular flexibility index (Phi) is 7.33. The Bertz CT molecular complexity index is 1370. The number of hydrogen-bond acceptors (Lipinski definition) is 4. The van der Waals surface area contributed by atoms with Crippen molar-refractivity contribution in [1.82, 2.24) is 5.32 Å². The normalized spacial score (nSPS) is 15.0. The minimum absolute atomic E-state index is 0.0873. The van der Waals surface area contributed by atoms with Crippen LogP contribution in [0.5, 0.6) is 5.75 Å². The van der Waals surface area contributed by atoms with E-state index in [1.807, 2.05) is 0 Å². The summed E-state index contributed by atoms with van der Waals surface area (Å²) in [4.78, 5) is 27.1. The Balaban J connectivity index is 1.70. The molecule has 34 heavy (non-hydrogen) atoms.